The maximum atomic E-state index is 6.01. The highest BCUT2D eigenvalue weighted by Gasteiger charge is 2.36. The number of hydrogen-bond acceptors (Lipinski definition) is 2. The summed E-state index contributed by atoms with van der Waals surface area (Å²) in [6.45, 7) is 2.27. The highest BCUT2D eigenvalue weighted by atomic mass is 35.5. The lowest BCUT2D eigenvalue weighted by Crippen LogP contribution is -2.54. The predicted molar refractivity (Wildman–Crippen MR) is 89.8 cm³/mol. The zero-order chi connectivity index (χ0) is 14.8. The number of nitrogens with zero attached hydrogens (tertiary/aromatic N) is 1. The van der Waals surface area contributed by atoms with Crippen molar-refractivity contribution in [2.75, 3.05) is 7.05 Å². The maximum absolute atomic E-state index is 6.01. The average molecular weight is 307 g/mol. The third-order valence-corrected chi connectivity index (χ3v) is 5.71. The van der Waals surface area contributed by atoms with Gasteiger partial charge >= 0.3 is 0 Å². The quantitative estimate of drug-likeness (QED) is 0.887. The standard InChI is InChI=1S/C18H27ClN2/c1-3-18(13-7-9-14(19)10-8-13)20-15-11-16-5-4-6-17(12-15)21(16)2/h7-10,15-18,20H,3-6,11-12H2,1-2H3. The molecule has 2 aliphatic heterocycles. The number of nitrogens with one attached hydrogen (secondary N) is 1. The van der Waals surface area contributed by atoms with E-state index >= 15 is 0 Å². The lowest BCUT2D eigenvalue weighted by atomic mass is 9.82. The molecule has 3 atom stereocenters. The Kier molecular flexibility index (Phi) is 4.88. The molecule has 3 heteroatoms. The number of rotatable bonds is 4. The Hall–Kier alpha value is -0.570. The maximum Gasteiger partial charge on any atom is 0.0406 e. The van der Waals surface area contributed by atoms with Gasteiger partial charge in [-0.25, -0.2) is 0 Å². The second-order valence-electron chi connectivity index (χ2n) is 6.75. The van der Waals surface area contributed by atoms with Crippen LogP contribution in [0, 0.1) is 0 Å². The van der Waals surface area contributed by atoms with Gasteiger partial charge in [0.2, 0.25) is 0 Å². The highest BCUT2D eigenvalue weighted by molar-refractivity contribution is 6.30. The molecule has 21 heavy (non-hydrogen) atoms. The van der Waals surface area contributed by atoms with Gasteiger partial charge in [0, 0.05) is 29.2 Å². The average Bonchev–Trinajstić information content (AvgIpc) is 2.46. The number of piperidine rings is 2. The normalized spacial score (nSPS) is 31.1. The van der Waals surface area contributed by atoms with Gasteiger partial charge in [-0.2, -0.15) is 0 Å². The first kappa shape index (κ1) is 15.3. The van der Waals surface area contributed by atoms with Gasteiger partial charge < -0.3 is 10.2 Å². The third-order valence-electron chi connectivity index (χ3n) is 5.46. The van der Waals surface area contributed by atoms with Crippen LogP contribution >= 0.6 is 11.6 Å². The fourth-order valence-electron chi connectivity index (χ4n) is 4.18. The molecule has 2 bridgehead atoms. The van der Waals surface area contributed by atoms with E-state index in [0.717, 1.165) is 23.5 Å². The summed E-state index contributed by atoms with van der Waals surface area (Å²) < 4.78 is 0. The molecule has 2 nitrogen and oxygen atoms in total. The molecule has 0 spiro atoms. The van der Waals surface area contributed by atoms with Crippen LogP contribution in [0.4, 0.5) is 0 Å². The van der Waals surface area contributed by atoms with E-state index in [-0.39, 0.29) is 0 Å². The molecule has 3 rings (SSSR count). The van der Waals surface area contributed by atoms with Crippen molar-refractivity contribution in [3.63, 3.8) is 0 Å². The number of halogens is 1. The van der Waals surface area contributed by atoms with Crippen LogP contribution in [-0.4, -0.2) is 30.1 Å². The van der Waals surface area contributed by atoms with E-state index in [0.29, 0.717) is 12.1 Å². The number of benzene rings is 1. The molecule has 1 aromatic carbocycles. The van der Waals surface area contributed by atoms with E-state index in [2.05, 4.69) is 36.3 Å². The van der Waals surface area contributed by atoms with Gasteiger partial charge in [0.25, 0.3) is 0 Å². The van der Waals surface area contributed by atoms with Crippen molar-refractivity contribution in [3.05, 3.63) is 34.9 Å². The molecule has 0 saturated carbocycles. The zero-order valence-electron chi connectivity index (χ0n) is 13.2. The second kappa shape index (κ2) is 6.68. The van der Waals surface area contributed by atoms with Gasteiger partial charge in [-0.1, -0.05) is 37.1 Å². The number of fused-ring (bicyclic) bond motifs is 2. The van der Waals surface area contributed by atoms with Gasteiger partial charge in [-0.3, -0.25) is 0 Å². The summed E-state index contributed by atoms with van der Waals surface area (Å²) in [4.78, 5) is 2.63. The Morgan fingerprint density at radius 1 is 1.19 bits per heavy atom. The van der Waals surface area contributed by atoms with Crippen LogP contribution in [0.1, 0.15) is 57.1 Å². The molecule has 1 aromatic rings. The van der Waals surface area contributed by atoms with Crippen molar-refractivity contribution in [1.82, 2.24) is 10.2 Å². The Morgan fingerprint density at radius 2 is 1.81 bits per heavy atom. The molecule has 0 radical (unpaired) electrons. The first-order valence-corrected chi connectivity index (χ1v) is 8.78. The zero-order valence-corrected chi connectivity index (χ0v) is 13.9. The summed E-state index contributed by atoms with van der Waals surface area (Å²) in [7, 11) is 2.32. The topological polar surface area (TPSA) is 15.3 Å². The predicted octanol–water partition coefficient (Wildman–Crippen LogP) is 4.40. The van der Waals surface area contributed by atoms with Gasteiger partial charge in [0.05, 0.1) is 0 Å². The van der Waals surface area contributed by atoms with Crippen LogP contribution in [-0.2, 0) is 0 Å². The Labute approximate surface area is 133 Å². The fourth-order valence-corrected chi connectivity index (χ4v) is 4.31. The minimum Gasteiger partial charge on any atom is -0.307 e. The summed E-state index contributed by atoms with van der Waals surface area (Å²) in [5, 5.41) is 4.74. The van der Waals surface area contributed by atoms with Crippen molar-refractivity contribution in [3.8, 4) is 0 Å². The van der Waals surface area contributed by atoms with Gasteiger partial charge in [-0.05, 0) is 56.8 Å². The molecular formula is C18H27ClN2. The monoisotopic (exact) mass is 306 g/mol. The largest absolute Gasteiger partial charge is 0.307 e. The van der Waals surface area contributed by atoms with Crippen molar-refractivity contribution >= 4 is 11.6 Å². The Bertz CT molecular complexity index is 445. The minimum absolute atomic E-state index is 0.455. The van der Waals surface area contributed by atoms with E-state index in [1.54, 1.807) is 0 Å². The SMILES string of the molecule is CCC(NC1CC2CCCC(C1)N2C)c1ccc(Cl)cc1. The van der Waals surface area contributed by atoms with E-state index in [4.69, 9.17) is 11.6 Å². The van der Waals surface area contributed by atoms with Gasteiger partial charge in [0.15, 0.2) is 0 Å². The Balaban J connectivity index is 1.66. The molecule has 0 aromatic heterocycles. The van der Waals surface area contributed by atoms with Crippen LogP contribution < -0.4 is 5.32 Å². The summed E-state index contributed by atoms with van der Waals surface area (Å²) in [5.41, 5.74) is 1.37. The first-order valence-electron chi connectivity index (χ1n) is 8.40. The molecular weight excluding hydrogens is 280 g/mol. The summed E-state index contributed by atoms with van der Waals surface area (Å²) in [5.74, 6) is 0. The molecule has 1 N–H and O–H groups in total. The van der Waals surface area contributed by atoms with Crippen LogP contribution in [0.15, 0.2) is 24.3 Å². The van der Waals surface area contributed by atoms with Gasteiger partial charge in [-0.15, -0.1) is 0 Å². The molecule has 2 saturated heterocycles. The minimum atomic E-state index is 0.455. The van der Waals surface area contributed by atoms with Crippen molar-refractivity contribution in [2.45, 2.75) is 69.6 Å². The van der Waals surface area contributed by atoms with E-state index in [1.807, 2.05) is 12.1 Å². The summed E-state index contributed by atoms with van der Waals surface area (Å²) in [6, 6.07) is 11.0. The lowest BCUT2D eigenvalue weighted by Gasteiger charge is -2.48. The van der Waals surface area contributed by atoms with E-state index in [1.165, 1.54) is 37.7 Å². The molecule has 0 aliphatic carbocycles. The Morgan fingerprint density at radius 3 is 2.38 bits per heavy atom. The van der Waals surface area contributed by atoms with Crippen LogP contribution in [0.2, 0.25) is 5.02 Å². The van der Waals surface area contributed by atoms with Crippen LogP contribution in [0.3, 0.4) is 0 Å². The van der Waals surface area contributed by atoms with Gasteiger partial charge in [0.1, 0.15) is 0 Å². The smallest absolute Gasteiger partial charge is 0.0406 e. The molecule has 2 heterocycles. The summed E-state index contributed by atoms with van der Waals surface area (Å²) >= 11 is 6.01. The van der Waals surface area contributed by atoms with Crippen molar-refractivity contribution in [2.24, 2.45) is 0 Å². The van der Waals surface area contributed by atoms with Crippen LogP contribution in [0.25, 0.3) is 0 Å². The van der Waals surface area contributed by atoms with E-state index < -0.39 is 0 Å². The highest BCUT2D eigenvalue weighted by Crippen LogP contribution is 2.34. The molecule has 2 aliphatic rings. The molecule has 0 amide bonds. The molecule has 3 unspecified atom stereocenters. The first-order chi connectivity index (χ1) is 10.2. The van der Waals surface area contributed by atoms with Crippen molar-refractivity contribution < 1.29 is 0 Å². The third kappa shape index (κ3) is 3.44. The fraction of sp³-hybridized carbons (Fsp3) is 0.667. The summed E-state index contributed by atoms with van der Waals surface area (Å²) in [6.07, 6.45) is 7.91. The van der Waals surface area contributed by atoms with Crippen LogP contribution in [0.5, 0.6) is 0 Å². The number of hydrogen-bond donors (Lipinski definition) is 1. The molecule has 116 valence electrons. The van der Waals surface area contributed by atoms with Crippen molar-refractivity contribution in [1.29, 1.82) is 0 Å². The molecule has 2 fully saturated rings. The lowest BCUT2D eigenvalue weighted by molar-refractivity contribution is 0.0456. The second-order valence-corrected chi connectivity index (χ2v) is 7.19. The van der Waals surface area contributed by atoms with E-state index in [9.17, 15) is 0 Å².